The number of para-hydroxylation sites is 1. The van der Waals surface area contributed by atoms with E-state index in [0.717, 1.165) is 11.3 Å². The summed E-state index contributed by atoms with van der Waals surface area (Å²) >= 11 is 0. The molecule has 0 saturated heterocycles. The van der Waals surface area contributed by atoms with Gasteiger partial charge in [-0.05, 0) is 17.2 Å². The second-order valence-corrected chi connectivity index (χ2v) is 8.69. The molecule has 0 spiro atoms. The van der Waals surface area contributed by atoms with Crippen molar-refractivity contribution in [3.8, 4) is 0 Å². The minimum atomic E-state index is -0.872. The van der Waals surface area contributed by atoms with Crippen LogP contribution in [0, 0.1) is 11.3 Å². The van der Waals surface area contributed by atoms with Crippen LogP contribution in [0.25, 0.3) is 0 Å². The fraction of sp³-hybridized carbons (Fsp3) is 0.304. The molecule has 2 bridgehead atoms. The smallest absolute Gasteiger partial charge is 0.291 e. The summed E-state index contributed by atoms with van der Waals surface area (Å²) in [6, 6.07) is 17.9. The second-order valence-electron chi connectivity index (χ2n) is 8.69. The van der Waals surface area contributed by atoms with Gasteiger partial charge < -0.3 is 10.2 Å². The molecule has 2 aromatic carbocycles. The van der Waals surface area contributed by atoms with Gasteiger partial charge in [-0.15, -0.1) is 5.10 Å². The Bertz CT molecular complexity index is 1210. The van der Waals surface area contributed by atoms with Crippen LogP contribution in [0.1, 0.15) is 40.4 Å². The predicted octanol–water partition coefficient (Wildman–Crippen LogP) is 2.27. The lowest BCUT2D eigenvalue weighted by Gasteiger charge is -2.29. The van der Waals surface area contributed by atoms with Crippen molar-refractivity contribution < 1.29 is 9.59 Å². The zero-order valence-electron chi connectivity index (χ0n) is 16.7. The largest absolute Gasteiger partial charge is 0.334 e. The summed E-state index contributed by atoms with van der Waals surface area (Å²) in [5, 5.41) is 9.95. The van der Waals surface area contributed by atoms with Crippen LogP contribution >= 0.6 is 0 Å². The van der Waals surface area contributed by atoms with E-state index in [4.69, 9.17) is 0 Å². The molecule has 2 saturated carbocycles. The van der Waals surface area contributed by atoms with Gasteiger partial charge in [0.2, 0.25) is 5.82 Å². The number of nitrogens with one attached hydrogen (secondary N) is 2. The summed E-state index contributed by atoms with van der Waals surface area (Å²) < 4.78 is 0. The van der Waals surface area contributed by atoms with Crippen molar-refractivity contribution in [2.45, 2.75) is 24.8 Å². The van der Waals surface area contributed by atoms with Crippen LogP contribution in [0.2, 0.25) is 0 Å². The number of amides is 2. The Hall–Kier alpha value is -3.48. The number of likely N-dealkylation sites (N-methyl/N-ethyl adjacent to an activating group) is 1. The summed E-state index contributed by atoms with van der Waals surface area (Å²) in [6.07, 6.45) is 0.561. The minimum absolute atomic E-state index is 0.0652. The van der Waals surface area contributed by atoms with Crippen molar-refractivity contribution in [3.63, 3.8) is 0 Å². The Labute approximate surface area is 173 Å². The molecule has 7 nitrogen and oxygen atoms in total. The van der Waals surface area contributed by atoms with E-state index in [1.54, 1.807) is 11.9 Å². The van der Waals surface area contributed by atoms with Crippen LogP contribution in [-0.2, 0) is 11.2 Å². The molecular weight excluding hydrogens is 378 g/mol. The molecule has 7 heteroatoms. The van der Waals surface area contributed by atoms with Gasteiger partial charge in [0.25, 0.3) is 11.8 Å². The maximum absolute atomic E-state index is 13.4. The van der Waals surface area contributed by atoms with E-state index >= 15 is 0 Å². The van der Waals surface area contributed by atoms with Gasteiger partial charge in [-0.2, -0.15) is 0 Å². The number of aromatic nitrogens is 3. The molecule has 2 aliphatic carbocycles. The molecule has 2 fully saturated rings. The molecule has 3 aromatic rings. The lowest BCUT2D eigenvalue weighted by Crippen LogP contribution is -2.56. The summed E-state index contributed by atoms with van der Waals surface area (Å²) in [7, 11) is 1.78. The predicted molar refractivity (Wildman–Crippen MR) is 110 cm³/mol. The third kappa shape index (κ3) is 1.99. The number of fused-ring (bicyclic) bond motifs is 1. The molecule has 2 aliphatic heterocycles. The molecular formula is C23H21N5O2. The molecule has 4 aliphatic rings. The average Bonchev–Trinajstić information content (AvgIpc) is 3.45. The van der Waals surface area contributed by atoms with Gasteiger partial charge in [-0.1, -0.05) is 55.5 Å². The van der Waals surface area contributed by atoms with Gasteiger partial charge in [0.1, 0.15) is 11.4 Å². The molecule has 3 heterocycles. The van der Waals surface area contributed by atoms with Crippen LogP contribution in [0.3, 0.4) is 0 Å². The highest BCUT2D eigenvalue weighted by Crippen LogP contribution is 2.91. The fourth-order valence-electron chi connectivity index (χ4n) is 5.65. The first-order valence-electron chi connectivity index (χ1n) is 10.1. The van der Waals surface area contributed by atoms with E-state index in [1.807, 2.05) is 48.5 Å². The number of aromatic amines is 1. The maximum Gasteiger partial charge on any atom is 0.291 e. The van der Waals surface area contributed by atoms with Crippen molar-refractivity contribution in [1.82, 2.24) is 20.5 Å². The number of hydrogen-bond acceptors (Lipinski definition) is 4. The van der Waals surface area contributed by atoms with E-state index in [-0.39, 0.29) is 23.1 Å². The van der Waals surface area contributed by atoms with Crippen molar-refractivity contribution in [3.05, 3.63) is 77.4 Å². The third-order valence-electron chi connectivity index (χ3n) is 7.28. The van der Waals surface area contributed by atoms with E-state index in [9.17, 15) is 9.59 Å². The highest BCUT2D eigenvalue weighted by atomic mass is 16.2. The van der Waals surface area contributed by atoms with E-state index in [1.165, 1.54) is 5.56 Å². The number of carbonyl (C=O) groups is 2. The van der Waals surface area contributed by atoms with E-state index in [0.29, 0.717) is 18.2 Å². The van der Waals surface area contributed by atoms with E-state index < -0.39 is 11.4 Å². The van der Waals surface area contributed by atoms with Gasteiger partial charge in [0.15, 0.2) is 0 Å². The topological polar surface area (TPSA) is 91.0 Å². The van der Waals surface area contributed by atoms with Crippen LogP contribution in [0.5, 0.6) is 0 Å². The zero-order valence-corrected chi connectivity index (χ0v) is 16.7. The number of rotatable bonds is 4. The molecule has 150 valence electrons. The Morgan fingerprint density at radius 2 is 1.87 bits per heavy atom. The number of benzene rings is 2. The summed E-state index contributed by atoms with van der Waals surface area (Å²) in [4.78, 5) is 32.4. The lowest BCUT2D eigenvalue weighted by molar-refractivity contribution is -0.123. The standard InChI is InChI=1S/C23H21N5O2/c1-22-17-14-10-6-7-11-15(14)28(2)21(30)23(22,18(17)22)25-20(29)19-24-16(26-27-19)12-13-8-4-3-5-9-13/h3-11,17-18H,12H2,1-2H3,(H,25,29)(H,24,26,27). The molecule has 2 amide bonds. The first kappa shape index (κ1) is 17.4. The highest BCUT2D eigenvalue weighted by Gasteiger charge is 2.98. The Morgan fingerprint density at radius 3 is 2.63 bits per heavy atom. The lowest BCUT2D eigenvalue weighted by atomic mass is 9.86. The molecule has 0 radical (unpaired) electrons. The van der Waals surface area contributed by atoms with Gasteiger partial charge in [0.05, 0.1) is 0 Å². The van der Waals surface area contributed by atoms with Crippen LogP contribution in [0.4, 0.5) is 5.69 Å². The van der Waals surface area contributed by atoms with Crippen LogP contribution < -0.4 is 10.2 Å². The monoisotopic (exact) mass is 399 g/mol. The average molecular weight is 399 g/mol. The summed E-state index contributed by atoms with van der Waals surface area (Å²) in [5.74, 6) is 0.624. The van der Waals surface area contributed by atoms with E-state index in [2.05, 4.69) is 33.5 Å². The number of anilines is 1. The zero-order chi connectivity index (χ0) is 20.7. The SMILES string of the molecule is CN1C(=O)C2(NC(=O)c3n[nH]c(Cc4ccccc4)n3)C3C(c4ccccc41)C32C. The van der Waals surface area contributed by atoms with Gasteiger partial charge >= 0.3 is 0 Å². The van der Waals surface area contributed by atoms with Crippen molar-refractivity contribution in [1.29, 1.82) is 0 Å². The minimum Gasteiger partial charge on any atom is -0.334 e. The summed E-state index contributed by atoms with van der Waals surface area (Å²) in [5.41, 5.74) is 2.08. The quantitative estimate of drug-likeness (QED) is 0.704. The Morgan fingerprint density at radius 1 is 1.17 bits per heavy atom. The second kappa shape index (κ2) is 5.56. The first-order chi connectivity index (χ1) is 14.5. The van der Waals surface area contributed by atoms with Crippen LogP contribution in [0.15, 0.2) is 54.6 Å². The molecule has 4 atom stereocenters. The fourth-order valence-corrected chi connectivity index (χ4v) is 5.65. The van der Waals surface area contributed by atoms with Gasteiger partial charge in [0, 0.05) is 36.4 Å². The van der Waals surface area contributed by atoms with Gasteiger partial charge in [-0.3, -0.25) is 14.7 Å². The van der Waals surface area contributed by atoms with Crippen molar-refractivity contribution >= 4 is 17.5 Å². The van der Waals surface area contributed by atoms with Crippen LogP contribution in [-0.4, -0.2) is 39.6 Å². The van der Waals surface area contributed by atoms with Crippen molar-refractivity contribution in [2.24, 2.45) is 11.3 Å². The molecule has 7 rings (SSSR count). The number of hydrogen-bond donors (Lipinski definition) is 2. The molecule has 4 unspecified atom stereocenters. The Balaban J connectivity index is 1.25. The maximum atomic E-state index is 13.4. The number of H-pyrrole nitrogens is 1. The number of nitrogens with zero attached hydrogens (tertiary/aromatic N) is 3. The normalized spacial score (nSPS) is 30.2. The molecule has 1 aromatic heterocycles. The number of carbonyl (C=O) groups excluding carboxylic acids is 2. The first-order valence-corrected chi connectivity index (χ1v) is 10.1. The Kier molecular flexibility index (Phi) is 3.22. The molecule has 2 N–H and O–H groups in total. The third-order valence-corrected chi connectivity index (χ3v) is 7.28. The van der Waals surface area contributed by atoms with Gasteiger partial charge in [-0.25, -0.2) is 4.98 Å². The molecule has 30 heavy (non-hydrogen) atoms. The summed E-state index contributed by atoms with van der Waals surface area (Å²) in [6.45, 7) is 2.09. The van der Waals surface area contributed by atoms with Crippen molar-refractivity contribution in [2.75, 3.05) is 11.9 Å². The highest BCUT2D eigenvalue weighted by molar-refractivity contribution is 6.12.